The molecular weight excluding hydrogens is 354 g/mol. The first-order valence-corrected chi connectivity index (χ1v) is 10.2. The summed E-state index contributed by atoms with van der Waals surface area (Å²) >= 11 is 0. The molecule has 0 spiro atoms. The quantitative estimate of drug-likeness (QED) is 0.834. The summed E-state index contributed by atoms with van der Waals surface area (Å²) in [7, 11) is -3.74. The SMILES string of the molecule is CC(C)C(NS(=O)(=O)c1cn(C(C)C)cn1)c1ccc2c(c1)OCCO2. The van der Waals surface area contributed by atoms with Crippen LogP contribution in [0.3, 0.4) is 0 Å². The van der Waals surface area contributed by atoms with Gasteiger partial charge >= 0.3 is 0 Å². The highest BCUT2D eigenvalue weighted by molar-refractivity contribution is 7.89. The van der Waals surface area contributed by atoms with Crippen LogP contribution in [0.25, 0.3) is 0 Å². The highest BCUT2D eigenvalue weighted by atomic mass is 32.2. The molecule has 0 fully saturated rings. The molecule has 2 heterocycles. The van der Waals surface area contributed by atoms with Gasteiger partial charge in [-0.25, -0.2) is 18.1 Å². The zero-order valence-electron chi connectivity index (χ0n) is 15.5. The van der Waals surface area contributed by atoms with E-state index in [1.54, 1.807) is 10.8 Å². The highest BCUT2D eigenvalue weighted by Gasteiger charge is 2.27. The van der Waals surface area contributed by atoms with Crippen LogP contribution in [-0.2, 0) is 10.0 Å². The summed E-state index contributed by atoms with van der Waals surface area (Å²) in [6.45, 7) is 8.88. The van der Waals surface area contributed by atoms with Crippen molar-refractivity contribution in [2.75, 3.05) is 13.2 Å². The average molecular weight is 379 g/mol. The van der Waals surface area contributed by atoms with Crippen molar-refractivity contribution < 1.29 is 17.9 Å². The van der Waals surface area contributed by atoms with Crippen molar-refractivity contribution in [2.24, 2.45) is 5.92 Å². The maximum absolute atomic E-state index is 12.8. The van der Waals surface area contributed by atoms with E-state index in [2.05, 4.69) is 9.71 Å². The molecule has 2 aromatic rings. The van der Waals surface area contributed by atoms with E-state index >= 15 is 0 Å². The second-order valence-corrected chi connectivity index (χ2v) is 8.66. The van der Waals surface area contributed by atoms with E-state index in [0.717, 1.165) is 5.56 Å². The summed E-state index contributed by atoms with van der Waals surface area (Å²) in [6.07, 6.45) is 3.09. The van der Waals surface area contributed by atoms with Crippen molar-refractivity contribution in [1.29, 1.82) is 0 Å². The predicted octanol–water partition coefficient (Wildman–Crippen LogP) is 2.91. The minimum absolute atomic E-state index is 0.0226. The van der Waals surface area contributed by atoms with E-state index in [-0.39, 0.29) is 17.0 Å². The number of hydrogen-bond donors (Lipinski definition) is 1. The van der Waals surface area contributed by atoms with Gasteiger partial charge in [0, 0.05) is 18.3 Å². The van der Waals surface area contributed by atoms with Gasteiger partial charge in [0.25, 0.3) is 10.0 Å². The summed E-state index contributed by atoms with van der Waals surface area (Å²) in [5, 5.41) is 0.0226. The predicted molar refractivity (Wildman–Crippen MR) is 97.9 cm³/mol. The second kappa shape index (κ2) is 7.28. The van der Waals surface area contributed by atoms with Gasteiger partial charge in [-0.15, -0.1) is 0 Å². The summed E-state index contributed by atoms with van der Waals surface area (Å²) in [5.74, 6) is 1.36. The van der Waals surface area contributed by atoms with Crippen molar-refractivity contribution in [3.63, 3.8) is 0 Å². The third-order valence-corrected chi connectivity index (χ3v) is 5.65. The van der Waals surface area contributed by atoms with Gasteiger partial charge in [-0.2, -0.15) is 0 Å². The largest absolute Gasteiger partial charge is 0.486 e. The average Bonchev–Trinajstić information content (AvgIpc) is 3.10. The number of rotatable bonds is 6. The third kappa shape index (κ3) is 3.86. The van der Waals surface area contributed by atoms with Crippen LogP contribution in [0.1, 0.15) is 45.3 Å². The van der Waals surface area contributed by atoms with E-state index in [9.17, 15) is 8.42 Å². The van der Waals surface area contributed by atoms with Crippen LogP contribution < -0.4 is 14.2 Å². The van der Waals surface area contributed by atoms with Crippen LogP contribution in [0.15, 0.2) is 35.7 Å². The van der Waals surface area contributed by atoms with Crippen molar-refractivity contribution >= 4 is 10.0 Å². The van der Waals surface area contributed by atoms with Gasteiger partial charge in [0.1, 0.15) is 13.2 Å². The molecule has 0 radical (unpaired) electrons. The fraction of sp³-hybridized carbons (Fsp3) is 0.500. The van der Waals surface area contributed by atoms with Gasteiger partial charge in [0.2, 0.25) is 0 Å². The molecule has 7 nitrogen and oxygen atoms in total. The lowest BCUT2D eigenvalue weighted by atomic mass is 9.97. The second-order valence-electron chi connectivity index (χ2n) is 7.00. The Hall–Kier alpha value is -2.06. The lowest BCUT2D eigenvalue weighted by Crippen LogP contribution is -2.32. The molecule has 0 aliphatic carbocycles. The van der Waals surface area contributed by atoms with E-state index in [4.69, 9.17) is 9.47 Å². The van der Waals surface area contributed by atoms with Crippen LogP contribution in [0.5, 0.6) is 11.5 Å². The van der Waals surface area contributed by atoms with Gasteiger partial charge in [-0.05, 0) is 37.5 Å². The number of nitrogens with one attached hydrogen (secondary N) is 1. The Morgan fingerprint density at radius 3 is 2.42 bits per heavy atom. The molecule has 1 atom stereocenters. The smallest absolute Gasteiger partial charge is 0.260 e. The molecule has 0 saturated heterocycles. The Kier molecular flexibility index (Phi) is 5.24. The van der Waals surface area contributed by atoms with Crippen molar-refractivity contribution in [3.05, 3.63) is 36.3 Å². The standard InChI is InChI=1S/C18H25N3O4S/c1-12(2)18(14-5-6-15-16(9-14)25-8-7-24-15)20-26(22,23)17-10-21(11-19-17)13(3)4/h5-6,9-13,18,20H,7-8H2,1-4H3. The minimum Gasteiger partial charge on any atom is -0.486 e. The van der Waals surface area contributed by atoms with Crippen LogP contribution >= 0.6 is 0 Å². The van der Waals surface area contributed by atoms with E-state index in [1.807, 2.05) is 45.9 Å². The molecule has 26 heavy (non-hydrogen) atoms. The highest BCUT2D eigenvalue weighted by Crippen LogP contribution is 2.34. The zero-order chi connectivity index (χ0) is 18.9. The van der Waals surface area contributed by atoms with Gasteiger partial charge in [0.15, 0.2) is 16.5 Å². The van der Waals surface area contributed by atoms with E-state index < -0.39 is 16.1 Å². The number of fused-ring (bicyclic) bond motifs is 1. The number of benzene rings is 1. The van der Waals surface area contributed by atoms with Crippen molar-refractivity contribution in [1.82, 2.24) is 14.3 Å². The number of hydrogen-bond acceptors (Lipinski definition) is 5. The Balaban J connectivity index is 1.88. The molecule has 142 valence electrons. The number of nitrogens with zero attached hydrogens (tertiary/aromatic N) is 2. The summed E-state index contributed by atoms with van der Waals surface area (Å²) < 4.78 is 41.3. The molecule has 0 saturated carbocycles. The first kappa shape index (κ1) is 18.7. The molecule has 1 aromatic heterocycles. The van der Waals surface area contributed by atoms with Crippen molar-refractivity contribution in [3.8, 4) is 11.5 Å². The molecular formula is C18H25N3O4S. The first-order chi connectivity index (χ1) is 12.3. The van der Waals surface area contributed by atoms with Gasteiger partial charge in [-0.1, -0.05) is 19.9 Å². The van der Waals surface area contributed by atoms with E-state index in [1.165, 1.54) is 6.33 Å². The molecule has 1 unspecified atom stereocenters. The van der Waals surface area contributed by atoms with Crippen LogP contribution in [0.4, 0.5) is 0 Å². The number of aromatic nitrogens is 2. The molecule has 1 aromatic carbocycles. The fourth-order valence-electron chi connectivity index (χ4n) is 2.81. The van der Waals surface area contributed by atoms with Crippen LogP contribution in [0.2, 0.25) is 0 Å². The number of ether oxygens (including phenoxy) is 2. The lowest BCUT2D eigenvalue weighted by Gasteiger charge is -2.25. The van der Waals surface area contributed by atoms with Crippen molar-refractivity contribution in [2.45, 2.75) is 44.8 Å². The zero-order valence-corrected chi connectivity index (χ0v) is 16.3. The monoisotopic (exact) mass is 379 g/mol. The Labute approximate surface area is 154 Å². The topological polar surface area (TPSA) is 82.5 Å². The molecule has 0 amide bonds. The molecule has 0 bridgehead atoms. The molecule has 3 rings (SSSR count). The fourth-order valence-corrected chi connectivity index (χ4v) is 4.12. The van der Waals surface area contributed by atoms with Gasteiger partial charge in [-0.3, -0.25) is 0 Å². The summed E-state index contributed by atoms with van der Waals surface area (Å²) in [6, 6.07) is 5.27. The molecule has 8 heteroatoms. The minimum atomic E-state index is -3.74. The van der Waals surface area contributed by atoms with E-state index in [0.29, 0.717) is 24.7 Å². The Morgan fingerprint density at radius 1 is 1.12 bits per heavy atom. The summed E-state index contributed by atoms with van der Waals surface area (Å²) in [5.41, 5.74) is 0.830. The summed E-state index contributed by atoms with van der Waals surface area (Å²) in [4.78, 5) is 4.05. The number of sulfonamides is 1. The third-order valence-electron chi connectivity index (χ3n) is 4.32. The maximum Gasteiger partial charge on any atom is 0.260 e. The maximum atomic E-state index is 12.8. The Bertz CT molecular complexity index is 874. The van der Waals surface area contributed by atoms with Gasteiger partial charge < -0.3 is 14.0 Å². The Morgan fingerprint density at radius 2 is 1.81 bits per heavy atom. The van der Waals surface area contributed by atoms with Gasteiger partial charge in [0.05, 0.1) is 6.33 Å². The van der Waals surface area contributed by atoms with Crippen LogP contribution in [0, 0.1) is 5.92 Å². The van der Waals surface area contributed by atoms with Crippen LogP contribution in [-0.4, -0.2) is 31.2 Å². The normalized spacial score (nSPS) is 15.5. The molecule has 1 aliphatic heterocycles. The molecule has 1 N–H and O–H groups in total. The first-order valence-electron chi connectivity index (χ1n) is 8.73. The lowest BCUT2D eigenvalue weighted by molar-refractivity contribution is 0.171. The number of imidazole rings is 1. The molecule has 1 aliphatic rings.